The lowest BCUT2D eigenvalue weighted by Gasteiger charge is -2.08. The molecule has 0 bridgehead atoms. The maximum absolute atomic E-state index is 5.61. The molecule has 0 atom stereocenters. The zero-order chi connectivity index (χ0) is 14.9. The summed E-state index contributed by atoms with van der Waals surface area (Å²) in [6, 6.07) is 10.4. The van der Waals surface area contributed by atoms with Gasteiger partial charge in [0.05, 0.1) is 6.61 Å². The predicted molar refractivity (Wildman–Crippen MR) is 87.5 cm³/mol. The molecule has 2 aromatic rings. The summed E-state index contributed by atoms with van der Waals surface area (Å²) in [6.07, 6.45) is 6.00. The molecule has 0 spiro atoms. The van der Waals surface area contributed by atoms with Crippen molar-refractivity contribution >= 4 is 0 Å². The van der Waals surface area contributed by atoms with Gasteiger partial charge in [-0.1, -0.05) is 26.0 Å². The smallest absolute Gasteiger partial charge is 0.119 e. The Bertz CT molecular complexity index is 537. The Kier molecular flexibility index (Phi) is 6.22. The van der Waals surface area contributed by atoms with Gasteiger partial charge in [0.25, 0.3) is 0 Å². The van der Waals surface area contributed by atoms with E-state index in [0.717, 1.165) is 43.9 Å². The molecule has 1 heterocycles. The summed E-state index contributed by atoms with van der Waals surface area (Å²) in [5.74, 6) is 0.925. The van der Waals surface area contributed by atoms with Gasteiger partial charge in [0.15, 0.2) is 0 Å². The lowest BCUT2D eigenvalue weighted by atomic mass is 10.1. The van der Waals surface area contributed by atoms with E-state index in [-0.39, 0.29) is 0 Å². The molecule has 0 aliphatic heterocycles. The van der Waals surface area contributed by atoms with Crippen molar-refractivity contribution < 1.29 is 4.74 Å². The Labute approximate surface area is 127 Å². The summed E-state index contributed by atoms with van der Waals surface area (Å²) in [4.78, 5) is 4.34. The summed E-state index contributed by atoms with van der Waals surface area (Å²) < 4.78 is 5.61. The van der Waals surface area contributed by atoms with Crippen LogP contribution in [0.5, 0.6) is 5.75 Å². The first-order chi connectivity index (χ1) is 10.3. The molecule has 2 rings (SSSR count). The van der Waals surface area contributed by atoms with Crippen molar-refractivity contribution in [2.24, 2.45) is 0 Å². The fourth-order valence-electron chi connectivity index (χ4n) is 2.12. The number of nitrogens with one attached hydrogen (secondary N) is 1. The van der Waals surface area contributed by atoms with Crippen LogP contribution in [0.15, 0.2) is 42.7 Å². The number of ether oxygens (including phenoxy) is 1. The number of aromatic nitrogens is 1. The molecule has 1 N–H and O–H groups in total. The summed E-state index contributed by atoms with van der Waals surface area (Å²) in [7, 11) is 0. The van der Waals surface area contributed by atoms with E-state index in [1.54, 1.807) is 0 Å². The van der Waals surface area contributed by atoms with Gasteiger partial charge in [-0.25, -0.2) is 0 Å². The molecule has 1 aromatic carbocycles. The maximum atomic E-state index is 5.61. The molecule has 3 heteroatoms. The molecule has 21 heavy (non-hydrogen) atoms. The SMILES string of the molecule is CCCNCc1cncc(-c2ccc(OCCC)cc2)c1. The number of nitrogens with zero attached hydrogens (tertiary/aromatic N) is 1. The van der Waals surface area contributed by atoms with Crippen LogP contribution >= 0.6 is 0 Å². The number of hydrogen-bond donors (Lipinski definition) is 1. The molecule has 0 aliphatic rings. The third kappa shape index (κ3) is 4.87. The van der Waals surface area contributed by atoms with Gasteiger partial charge in [0.1, 0.15) is 5.75 Å². The number of hydrogen-bond acceptors (Lipinski definition) is 3. The largest absolute Gasteiger partial charge is 0.494 e. The first kappa shape index (κ1) is 15.5. The van der Waals surface area contributed by atoms with Gasteiger partial charge in [-0.05, 0) is 48.7 Å². The lowest BCUT2D eigenvalue weighted by Crippen LogP contribution is -2.13. The molecule has 112 valence electrons. The van der Waals surface area contributed by atoms with E-state index >= 15 is 0 Å². The molecular formula is C18H24N2O. The Morgan fingerprint density at radius 3 is 2.52 bits per heavy atom. The highest BCUT2D eigenvalue weighted by atomic mass is 16.5. The van der Waals surface area contributed by atoms with Crippen molar-refractivity contribution in [3.05, 3.63) is 48.3 Å². The number of rotatable bonds is 8. The van der Waals surface area contributed by atoms with Gasteiger partial charge < -0.3 is 10.1 Å². The average Bonchev–Trinajstić information content (AvgIpc) is 2.54. The van der Waals surface area contributed by atoms with E-state index in [9.17, 15) is 0 Å². The first-order valence-corrected chi connectivity index (χ1v) is 7.71. The molecule has 0 saturated heterocycles. The minimum absolute atomic E-state index is 0.763. The van der Waals surface area contributed by atoms with Crippen molar-refractivity contribution in [2.45, 2.75) is 33.2 Å². The van der Waals surface area contributed by atoms with Crippen LogP contribution in [0.2, 0.25) is 0 Å². The molecular weight excluding hydrogens is 260 g/mol. The van der Waals surface area contributed by atoms with Crippen LogP contribution in [-0.4, -0.2) is 18.1 Å². The van der Waals surface area contributed by atoms with Gasteiger partial charge in [-0.3, -0.25) is 4.98 Å². The van der Waals surface area contributed by atoms with Crippen LogP contribution in [0.3, 0.4) is 0 Å². The van der Waals surface area contributed by atoms with E-state index in [1.165, 1.54) is 11.1 Å². The molecule has 0 saturated carbocycles. The van der Waals surface area contributed by atoms with Crippen LogP contribution in [0.1, 0.15) is 32.3 Å². The Balaban J connectivity index is 2.05. The van der Waals surface area contributed by atoms with Gasteiger partial charge in [0.2, 0.25) is 0 Å². The summed E-state index contributed by atoms with van der Waals surface area (Å²) >= 11 is 0. The van der Waals surface area contributed by atoms with E-state index < -0.39 is 0 Å². The molecule has 0 aliphatic carbocycles. The second-order valence-corrected chi connectivity index (χ2v) is 5.13. The topological polar surface area (TPSA) is 34.2 Å². The highest BCUT2D eigenvalue weighted by Crippen LogP contribution is 2.22. The van der Waals surface area contributed by atoms with Crippen molar-refractivity contribution in [1.82, 2.24) is 10.3 Å². The van der Waals surface area contributed by atoms with Crippen LogP contribution in [-0.2, 0) is 6.54 Å². The molecule has 0 amide bonds. The molecule has 0 unspecified atom stereocenters. The van der Waals surface area contributed by atoms with Gasteiger partial charge in [-0.2, -0.15) is 0 Å². The molecule has 3 nitrogen and oxygen atoms in total. The Hall–Kier alpha value is -1.87. The van der Waals surface area contributed by atoms with Crippen molar-refractivity contribution in [3.8, 4) is 16.9 Å². The fourth-order valence-corrected chi connectivity index (χ4v) is 2.12. The second-order valence-electron chi connectivity index (χ2n) is 5.13. The second kappa shape index (κ2) is 8.42. The zero-order valence-corrected chi connectivity index (χ0v) is 12.9. The lowest BCUT2D eigenvalue weighted by molar-refractivity contribution is 0.317. The highest BCUT2D eigenvalue weighted by molar-refractivity contribution is 5.63. The first-order valence-electron chi connectivity index (χ1n) is 7.71. The fraction of sp³-hybridized carbons (Fsp3) is 0.389. The summed E-state index contributed by atoms with van der Waals surface area (Å²) in [5.41, 5.74) is 3.53. The minimum atomic E-state index is 0.763. The Morgan fingerprint density at radius 1 is 1.00 bits per heavy atom. The number of pyridine rings is 1. The van der Waals surface area contributed by atoms with Crippen molar-refractivity contribution in [1.29, 1.82) is 0 Å². The zero-order valence-electron chi connectivity index (χ0n) is 12.9. The minimum Gasteiger partial charge on any atom is -0.494 e. The van der Waals surface area contributed by atoms with E-state index in [1.807, 2.05) is 24.5 Å². The maximum Gasteiger partial charge on any atom is 0.119 e. The monoisotopic (exact) mass is 284 g/mol. The predicted octanol–water partition coefficient (Wildman–Crippen LogP) is 4.04. The van der Waals surface area contributed by atoms with E-state index in [0.29, 0.717) is 0 Å². The summed E-state index contributed by atoms with van der Waals surface area (Å²) in [6.45, 7) is 6.95. The van der Waals surface area contributed by atoms with E-state index in [4.69, 9.17) is 4.74 Å². The van der Waals surface area contributed by atoms with Gasteiger partial charge in [0, 0.05) is 24.5 Å². The summed E-state index contributed by atoms with van der Waals surface area (Å²) in [5, 5.41) is 3.40. The normalized spacial score (nSPS) is 10.6. The quantitative estimate of drug-likeness (QED) is 0.743. The standard InChI is InChI=1S/C18H24N2O/c1-3-9-19-12-15-11-17(14-20-13-15)16-5-7-18(8-6-16)21-10-4-2/h5-8,11,13-14,19H,3-4,9-10,12H2,1-2H3. The van der Waals surface area contributed by atoms with Crippen LogP contribution in [0, 0.1) is 0 Å². The Morgan fingerprint density at radius 2 is 1.81 bits per heavy atom. The van der Waals surface area contributed by atoms with Gasteiger partial charge in [-0.15, -0.1) is 0 Å². The molecule has 0 radical (unpaired) electrons. The molecule has 0 fully saturated rings. The van der Waals surface area contributed by atoms with Crippen LogP contribution < -0.4 is 10.1 Å². The third-order valence-electron chi connectivity index (χ3n) is 3.21. The molecule has 1 aromatic heterocycles. The van der Waals surface area contributed by atoms with Crippen molar-refractivity contribution in [2.75, 3.05) is 13.2 Å². The average molecular weight is 284 g/mol. The number of benzene rings is 1. The van der Waals surface area contributed by atoms with Crippen LogP contribution in [0.25, 0.3) is 11.1 Å². The van der Waals surface area contributed by atoms with E-state index in [2.05, 4.69) is 42.3 Å². The third-order valence-corrected chi connectivity index (χ3v) is 3.21. The van der Waals surface area contributed by atoms with Gasteiger partial charge >= 0.3 is 0 Å². The van der Waals surface area contributed by atoms with Crippen LogP contribution in [0.4, 0.5) is 0 Å². The highest BCUT2D eigenvalue weighted by Gasteiger charge is 2.01. The van der Waals surface area contributed by atoms with Crippen molar-refractivity contribution in [3.63, 3.8) is 0 Å².